The minimum atomic E-state index is -4.72. The molecule has 0 bridgehead atoms. The monoisotopic (exact) mass is 464 g/mol. The Morgan fingerprint density at radius 2 is 1.67 bits per heavy atom. The summed E-state index contributed by atoms with van der Waals surface area (Å²) in [4.78, 5) is 4.62. The van der Waals surface area contributed by atoms with E-state index in [1.165, 1.54) is 36.4 Å². The van der Waals surface area contributed by atoms with E-state index in [9.17, 15) is 17.6 Å². The molecule has 4 rings (SSSR count). The molecule has 0 radical (unpaired) electrons. The molecule has 1 aromatic heterocycles. The van der Waals surface area contributed by atoms with Crippen LogP contribution in [0.5, 0.6) is 5.75 Å². The Morgan fingerprint density at radius 3 is 2.33 bits per heavy atom. The normalized spacial score (nSPS) is 15.1. The molecule has 0 saturated carbocycles. The van der Waals surface area contributed by atoms with Crippen molar-refractivity contribution in [2.45, 2.75) is 12.9 Å². The molecule has 176 valence electrons. The maximum absolute atomic E-state index is 13.1. The van der Waals surface area contributed by atoms with Crippen LogP contribution in [0.2, 0.25) is 0 Å². The molecule has 2 aromatic carbocycles. The van der Waals surface area contributed by atoms with E-state index < -0.39 is 6.36 Å². The highest BCUT2D eigenvalue weighted by Crippen LogP contribution is 2.26. The molecule has 1 aliphatic heterocycles. The first-order valence-corrected chi connectivity index (χ1v) is 10.6. The van der Waals surface area contributed by atoms with Gasteiger partial charge in [-0.15, -0.1) is 13.2 Å². The zero-order chi connectivity index (χ0) is 23.3. The molecule has 0 atom stereocenters. The van der Waals surface area contributed by atoms with Gasteiger partial charge in [-0.1, -0.05) is 5.16 Å². The van der Waals surface area contributed by atoms with Gasteiger partial charge < -0.3 is 19.5 Å². The second-order valence-electron chi connectivity index (χ2n) is 7.73. The van der Waals surface area contributed by atoms with E-state index in [0.717, 1.165) is 45.0 Å². The van der Waals surface area contributed by atoms with Gasteiger partial charge in [-0.2, -0.15) is 0 Å². The van der Waals surface area contributed by atoms with E-state index in [-0.39, 0.29) is 11.6 Å². The molecule has 10 heteroatoms. The van der Waals surface area contributed by atoms with Crippen LogP contribution in [0.25, 0.3) is 11.3 Å². The lowest BCUT2D eigenvalue weighted by Crippen LogP contribution is -2.48. The smallest absolute Gasteiger partial charge is 0.406 e. The van der Waals surface area contributed by atoms with E-state index in [2.05, 4.69) is 25.0 Å². The molecule has 33 heavy (non-hydrogen) atoms. The first-order chi connectivity index (χ1) is 15.9. The van der Waals surface area contributed by atoms with Gasteiger partial charge in [0.15, 0.2) is 5.76 Å². The number of ether oxygens (including phenoxy) is 1. The summed E-state index contributed by atoms with van der Waals surface area (Å²) in [6.45, 7) is 5.81. The van der Waals surface area contributed by atoms with Gasteiger partial charge in [0, 0.05) is 56.6 Å². The first kappa shape index (κ1) is 23.1. The van der Waals surface area contributed by atoms with Gasteiger partial charge in [0.1, 0.15) is 17.3 Å². The van der Waals surface area contributed by atoms with E-state index in [4.69, 9.17) is 4.52 Å². The lowest BCUT2D eigenvalue weighted by Gasteiger charge is -2.36. The average Bonchev–Trinajstić information content (AvgIpc) is 3.26. The summed E-state index contributed by atoms with van der Waals surface area (Å²) in [6, 6.07) is 13.8. The lowest BCUT2D eigenvalue weighted by atomic mass is 10.1. The van der Waals surface area contributed by atoms with Gasteiger partial charge in [-0.25, -0.2) is 4.39 Å². The Morgan fingerprint density at radius 1 is 0.970 bits per heavy atom. The maximum Gasteiger partial charge on any atom is 0.573 e. The van der Waals surface area contributed by atoms with Crippen molar-refractivity contribution >= 4 is 5.69 Å². The number of piperazine rings is 1. The molecular formula is C23H24F4N4O2. The van der Waals surface area contributed by atoms with Gasteiger partial charge in [0.25, 0.3) is 0 Å². The third kappa shape index (κ3) is 6.69. The second kappa shape index (κ2) is 10.2. The first-order valence-electron chi connectivity index (χ1n) is 10.6. The third-order valence-electron chi connectivity index (χ3n) is 5.41. The van der Waals surface area contributed by atoms with Crippen molar-refractivity contribution in [2.75, 3.05) is 44.2 Å². The zero-order valence-electron chi connectivity index (χ0n) is 17.8. The van der Waals surface area contributed by atoms with Crippen LogP contribution in [0.1, 0.15) is 5.76 Å². The van der Waals surface area contributed by atoms with Crippen molar-refractivity contribution in [1.29, 1.82) is 0 Å². The molecule has 6 nitrogen and oxygen atoms in total. The van der Waals surface area contributed by atoms with Crippen molar-refractivity contribution in [3.63, 3.8) is 0 Å². The van der Waals surface area contributed by atoms with Crippen LogP contribution in [-0.2, 0) is 6.54 Å². The van der Waals surface area contributed by atoms with E-state index in [0.29, 0.717) is 23.6 Å². The second-order valence-corrected chi connectivity index (χ2v) is 7.73. The maximum atomic E-state index is 13.1. The predicted molar refractivity (Wildman–Crippen MR) is 115 cm³/mol. The van der Waals surface area contributed by atoms with Crippen molar-refractivity contribution in [3.05, 3.63) is 66.2 Å². The molecule has 2 heterocycles. The average molecular weight is 464 g/mol. The zero-order valence-corrected chi connectivity index (χ0v) is 17.8. The number of anilines is 1. The molecule has 3 aromatic rings. The quantitative estimate of drug-likeness (QED) is 0.397. The van der Waals surface area contributed by atoms with Crippen LogP contribution in [0, 0.1) is 5.82 Å². The SMILES string of the molecule is Fc1ccc(N2CCN(CCNCc3cc(-c4ccc(OC(F)(F)F)cc4)no3)CC2)cc1. The Labute approximate surface area is 188 Å². The van der Waals surface area contributed by atoms with Crippen LogP contribution in [-0.4, -0.2) is 55.7 Å². The third-order valence-corrected chi connectivity index (χ3v) is 5.41. The highest BCUT2D eigenvalue weighted by molar-refractivity contribution is 5.59. The van der Waals surface area contributed by atoms with Crippen molar-refractivity contribution in [3.8, 4) is 17.0 Å². The van der Waals surface area contributed by atoms with Crippen LogP contribution in [0.15, 0.2) is 59.1 Å². The fourth-order valence-corrected chi connectivity index (χ4v) is 3.69. The fraction of sp³-hybridized carbons (Fsp3) is 0.348. The summed E-state index contributed by atoms with van der Waals surface area (Å²) in [5, 5.41) is 7.31. The van der Waals surface area contributed by atoms with E-state index in [1.807, 2.05) is 12.1 Å². The molecule has 1 aliphatic rings. The van der Waals surface area contributed by atoms with Crippen LogP contribution < -0.4 is 15.0 Å². The van der Waals surface area contributed by atoms with Crippen LogP contribution in [0.3, 0.4) is 0 Å². The Balaban J connectivity index is 1.17. The van der Waals surface area contributed by atoms with Gasteiger partial charge in [0.05, 0.1) is 6.54 Å². The highest BCUT2D eigenvalue weighted by Gasteiger charge is 2.31. The van der Waals surface area contributed by atoms with Crippen molar-refractivity contribution < 1.29 is 26.8 Å². The number of rotatable bonds is 8. The number of nitrogens with zero attached hydrogens (tertiary/aromatic N) is 3. The summed E-state index contributed by atoms with van der Waals surface area (Å²) in [7, 11) is 0. The topological polar surface area (TPSA) is 53.8 Å². The number of nitrogens with one attached hydrogen (secondary N) is 1. The molecule has 1 fully saturated rings. The number of hydrogen-bond donors (Lipinski definition) is 1. The molecule has 0 aliphatic carbocycles. The minimum Gasteiger partial charge on any atom is -0.406 e. The highest BCUT2D eigenvalue weighted by atomic mass is 19.4. The fourth-order valence-electron chi connectivity index (χ4n) is 3.69. The van der Waals surface area contributed by atoms with Crippen LogP contribution in [0.4, 0.5) is 23.2 Å². The Kier molecular flexibility index (Phi) is 7.14. The van der Waals surface area contributed by atoms with Gasteiger partial charge >= 0.3 is 6.36 Å². The molecule has 0 unspecified atom stereocenters. The van der Waals surface area contributed by atoms with Gasteiger partial charge in [0.2, 0.25) is 0 Å². The summed E-state index contributed by atoms with van der Waals surface area (Å²) in [5.74, 6) is 0.132. The molecule has 0 amide bonds. The summed E-state index contributed by atoms with van der Waals surface area (Å²) >= 11 is 0. The number of hydrogen-bond acceptors (Lipinski definition) is 6. The summed E-state index contributed by atoms with van der Waals surface area (Å²) in [5.41, 5.74) is 2.22. The molecule has 1 N–H and O–H groups in total. The van der Waals surface area contributed by atoms with Crippen molar-refractivity contribution in [1.82, 2.24) is 15.4 Å². The van der Waals surface area contributed by atoms with Crippen molar-refractivity contribution in [2.24, 2.45) is 0 Å². The number of alkyl halides is 3. The minimum absolute atomic E-state index is 0.226. The lowest BCUT2D eigenvalue weighted by molar-refractivity contribution is -0.274. The molecule has 0 spiro atoms. The van der Waals surface area contributed by atoms with E-state index in [1.54, 1.807) is 6.07 Å². The van der Waals surface area contributed by atoms with Crippen LogP contribution >= 0.6 is 0 Å². The summed E-state index contributed by atoms with van der Waals surface area (Å²) in [6.07, 6.45) is -4.72. The largest absolute Gasteiger partial charge is 0.573 e. The Bertz CT molecular complexity index is 1010. The number of aromatic nitrogens is 1. The standard InChI is InChI=1S/C23H24F4N4O2/c24-18-3-5-19(6-4-18)31-13-11-30(12-14-31)10-9-28-16-21-15-22(29-33-21)17-1-7-20(8-2-17)32-23(25,26)27/h1-8,15,28H,9-14,16H2. The molecule has 1 saturated heterocycles. The number of benzene rings is 2. The predicted octanol–water partition coefficient (Wildman–Crippen LogP) is 4.29. The Hall–Kier alpha value is -3.11. The van der Waals surface area contributed by atoms with Gasteiger partial charge in [-0.05, 0) is 48.5 Å². The summed E-state index contributed by atoms with van der Waals surface area (Å²) < 4.78 is 59.1. The number of halogens is 4. The van der Waals surface area contributed by atoms with Gasteiger partial charge in [-0.3, -0.25) is 4.90 Å². The molecular weight excluding hydrogens is 440 g/mol. The van der Waals surface area contributed by atoms with E-state index >= 15 is 0 Å².